The molecule has 0 radical (unpaired) electrons. The lowest BCUT2D eigenvalue weighted by Gasteiger charge is -2.21. The number of hydrogen-bond acceptors (Lipinski definition) is 2. The van der Waals surface area contributed by atoms with Gasteiger partial charge in [-0.05, 0) is 37.1 Å². The maximum Gasteiger partial charge on any atom is 0.407 e. The van der Waals surface area contributed by atoms with Crippen LogP contribution in [0.4, 0.5) is 26.3 Å². The van der Waals surface area contributed by atoms with E-state index in [0.717, 1.165) is 25.0 Å². The van der Waals surface area contributed by atoms with E-state index in [9.17, 15) is 31.1 Å². The zero-order valence-electron chi connectivity index (χ0n) is 10.5. The number of rotatable bonds is 4. The Bertz CT molecular complexity index is 499. The number of benzene rings is 1. The number of carbonyl (C=O) groups excluding carboxylic acids is 1. The largest absolute Gasteiger partial charge is 0.490 e. The molecule has 1 aromatic carbocycles. The van der Waals surface area contributed by atoms with Crippen LogP contribution in [0.3, 0.4) is 0 Å². The summed E-state index contributed by atoms with van der Waals surface area (Å²) in [5.41, 5.74) is -0.655. The Kier molecular flexibility index (Phi) is 3.90. The van der Waals surface area contributed by atoms with Crippen LogP contribution in [0, 0.1) is 5.92 Å². The summed E-state index contributed by atoms with van der Waals surface area (Å²) in [5, 5.41) is 0. The average Bonchev–Trinajstić information content (AvgIpc) is 3.10. The molecule has 0 aliphatic heterocycles. The SMILES string of the molecule is O=C(c1ccc(OC2CC2)cc1)C(C(F)(F)F)C(F)(F)F. The highest BCUT2D eigenvalue weighted by atomic mass is 19.4. The van der Waals surface area contributed by atoms with Crippen LogP contribution >= 0.6 is 0 Å². The first-order valence-electron chi connectivity index (χ1n) is 6.03. The summed E-state index contributed by atoms with van der Waals surface area (Å²) >= 11 is 0. The number of halogens is 6. The highest BCUT2D eigenvalue weighted by Crippen LogP contribution is 2.41. The lowest BCUT2D eigenvalue weighted by atomic mass is 9.96. The third-order valence-electron chi connectivity index (χ3n) is 2.88. The molecule has 1 fully saturated rings. The Morgan fingerprint density at radius 2 is 1.48 bits per heavy atom. The lowest BCUT2D eigenvalue weighted by molar-refractivity contribution is -0.264. The normalized spacial score (nSPS) is 16.1. The zero-order valence-corrected chi connectivity index (χ0v) is 10.5. The fourth-order valence-corrected chi connectivity index (χ4v) is 1.73. The summed E-state index contributed by atoms with van der Waals surface area (Å²) in [6.07, 6.45) is -9.63. The molecule has 0 unspecified atom stereocenters. The van der Waals surface area contributed by atoms with Crippen molar-refractivity contribution in [3.63, 3.8) is 0 Å². The minimum absolute atomic E-state index is 0.0321. The van der Waals surface area contributed by atoms with E-state index >= 15 is 0 Å². The Morgan fingerprint density at radius 1 is 1.00 bits per heavy atom. The van der Waals surface area contributed by atoms with Gasteiger partial charge in [-0.1, -0.05) is 0 Å². The molecule has 116 valence electrons. The Balaban J connectivity index is 2.20. The standard InChI is InChI=1S/C13H10F6O2/c14-12(15,16)11(13(17,18)19)10(20)7-1-3-8(4-2-7)21-9-5-6-9/h1-4,9,11H,5-6H2. The van der Waals surface area contributed by atoms with E-state index in [0.29, 0.717) is 5.75 Å². The van der Waals surface area contributed by atoms with Gasteiger partial charge in [0.15, 0.2) is 5.78 Å². The first kappa shape index (κ1) is 15.7. The van der Waals surface area contributed by atoms with Crippen molar-refractivity contribution >= 4 is 5.78 Å². The third-order valence-corrected chi connectivity index (χ3v) is 2.88. The summed E-state index contributed by atoms with van der Waals surface area (Å²) in [6, 6.07) is 4.19. The van der Waals surface area contributed by atoms with Gasteiger partial charge in [-0.15, -0.1) is 0 Å². The second-order valence-corrected chi connectivity index (χ2v) is 4.72. The second-order valence-electron chi connectivity index (χ2n) is 4.72. The molecule has 0 saturated heterocycles. The van der Waals surface area contributed by atoms with Crippen molar-refractivity contribution in [3.05, 3.63) is 29.8 Å². The number of ether oxygens (including phenoxy) is 1. The Hall–Kier alpha value is -1.73. The van der Waals surface area contributed by atoms with Gasteiger partial charge in [-0.25, -0.2) is 0 Å². The van der Waals surface area contributed by atoms with E-state index in [1.807, 2.05) is 0 Å². The molecule has 0 heterocycles. The minimum Gasteiger partial charge on any atom is -0.490 e. The Morgan fingerprint density at radius 3 is 1.86 bits per heavy atom. The van der Waals surface area contributed by atoms with E-state index in [1.165, 1.54) is 12.1 Å². The first-order chi connectivity index (χ1) is 9.59. The van der Waals surface area contributed by atoms with E-state index < -0.39 is 29.6 Å². The highest BCUT2D eigenvalue weighted by molar-refractivity contribution is 5.98. The number of hydrogen-bond donors (Lipinski definition) is 0. The third kappa shape index (κ3) is 3.89. The Labute approximate surface area is 115 Å². The smallest absolute Gasteiger partial charge is 0.407 e. The van der Waals surface area contributed by atoms with E-state index in [4.69, 9.17) is 4.74 Å². The molecule has 0 bridgehead atoms. The van der Waals surface area contributed by atoms with Crippen LogP contribution in [0.25, 0.3) is 0 Å². The topological polar surface area (TPSA) is 26.3 Å². The molecule has 8 heteroatoms. The number of ketones is 1. The fourth-order valence-electron chi connectivity index (χ4n) is 1.73. The predicted octanol–water partition coefficient (Wildman–Crippen LogP) is 4.15. The van der Waals surface area contributed by atoms with Gasteiger partial charge in [-0.3, -0.25) is 4.79 Å². The molecule has 0 N–H and O–H groups in total. The van der Waals surface area contributed by atoms with Gasteiger partial charge in [0.1, 0.15) is 5.75 Å². The van der Waals surface area contributed by atoms with Crippen molar-refractivity contribution in [2.24, 2.45) is 5.92 Å². The molecule has 1 aliphatic rings. The molecule has 2 nitrogen and oxygen atoms in total. The van der Waals surface area contributed by atoms with Crippen molar-refractivity contribution in [2.75, 3.05) is 0 Å². The monoisotopic (exact) mass is 312 g/mol. The number of alkyl halides is 6. The molecular formula is C13H10F6O2. The van der Waals surface area contributed by atoms with Crippen LogP contribution < -0.4 is 4.74 Å². The van der Waals surface area contributed by atoms with Crippen LogP contribution in [0.15, 0.2) is 24.3 Å². The van der Waals surface area contributed by atoms with E-state index in [-0.39, 0.29) is 6.10 Å². The summed E-state index contributed by atoms with van der Waals surface area (Å²) in [5.74, 6) is -5.72. The fraction of sp³-hybridized carbons (Fsp3) is 0.462. The molecule has 1 aliphatic carbocycles. The maximum atomic E-state index is 12.4. The molecule has 0 aromatic heterocycles. The van der Waals surface area contributed by atoms with Gasteiger partial charge in [-0.2, -0.15) is 26.3 Å². The molecule has 1 aromatic rings. The quantitative estimate of drug-likeness (QED) is 0.616. The zero-order chi connectivity index (χ0) is 15.8. The maximum absolute atomic E-state index is 12.4. The van der Waals surface area contributed by atoms with Crippen molar-refractivity contribution in [1.29, 1.82) is 0 Å². The van der Waals surface area contributed by atoms with E-state index in [1.54, 1.807) is 0 Å². The van der Waals surface area contributed by atoms with E-state index in [2.05, 4.69) is 0 Å². The molecule has 0 amide bonds. The van der Waals surface area contributed by atoms with Gasteiger partial charge in [0, 0.05) is 5.56 Å². The first-order valence-corrected chi connectivity index (χ1v) is 6.03. The van der Waals surface area contributed by atoms with Gasteiger partial charge in [0.25, 0.3) is 0 Å². The summed E-state index contributed by atoms with van der Waals surface area (Å²) in [7, 11) is 0. The summed E-state index contributed by atoms with van der Waals surface area (Å²) in [6.45, 7) is 0. The van der Waals surface area contributed by atoms with Gasteiger partial charge in [0.05, 0.1) is 6.10 Å². The van der Waals surface area contributed by atoms with Crippen molar-refractivity contribution < 1.29 is 35.9 Å². The summed E-state index contributed by atoms with van der Waals surface area (Å²) in [4.78, 5) is 11.5. The van der Waals surface area contributed by atoms with Crippen LogP contribution in [-0.2, 0) is 0 Å². The van der Waals surface area contributed by atoms with Gasteiger partial charge < -0.3 is 4.74 Å². The average molecular weight is 312 g/mol. The van der Waals surface area contributed by atoms with Crippen LogP contribution in [0.5, 0.6) is 5.75 Å². The molecule has 21 heavy (non-hydrogen) atoms. The molecule has 0 spiro atoms. The number of carbonyl (C=O) groups is 1. The van der Waals surface area contributed by atoms with Crippen LogP contribution in [-0.4, -0.2) is 24.2 Å². The number of Topliss-reactive ketones (excluding diaryl/α,β-unsaturated/α-hetero) is 1. The molecule has 0 atom stereocenters. The van der Waals surface area contributed by atoms with Gasteiger partial charge in [0.2, 0.25) is 5.92 Å². The molecule has 2 rings (SSSR count). The highest BCUT2D eigenvalue weighted by Gasteiger charge is 2.60. The second kappa shape index (κ2) is 5.23. The van der Waals surface area contributed by atoms with Crippen LogP contribution in [0.1, 0.15) is 23.2 Å². The summed E-state index contributed by atoms with van der Waals surface area (Å²) < 4.78 is 80.0. The van der Waals surface area contributed by atoms with Crippen molar-refractivity contribution in [2.45, 2.75) is 31.3 Å². The van der Waals surface area contributed by atoms with Crippen LogP contribution in [0.2, 0.25) is 0 Å². The van der Waals surface area contributed by atoms with Crippen molar-refractivity contribution in [3.8, 4) is 5.75 Å². The lowest BCUT2D eigenvalue weighted by Crippen LogP contribution is -2.42. The van der Waals surface area contributed by atoms with Crippen molar-refractivity contribution in [1.82, 2.24) is 0 Å². The predicted molar refractivity (Wildman–Crippen MR) is 60.0 cm³/mol. The molecular weight excluding hydrogens is 302 g/mol. The molecule has 1 saturated carbocycles. The minimum atomic E-state index is -5.68. The van der Waals surface area contributed by atoms with Gasteiger partial charge >= 0.3 is 12.4 Å².